The Bertz CT molecular complexity index is 565. The molecular formula is C7H4F3N3O2S. The maximum absolute atomic E-state index is 12.9. The Kier molecular flexibility index (Phi) is 3.16. The number of pyridine rings is 1. The lowest BCUT2D eigenvalue weighted by Crippen LogP contribution is -2.17. The molecule has 1 heterocycles. The molecule has 5 nitrogen and oxygen atoms in total. The number of alkyl halides is 2. The molecule has 0 unspecified atom stereocenters. The quantitative estimate of drug-likeness (QED) is 0.835. The highest BCUT2D eigenvalue weighted by Crippen LogP contribution is 2.27. The van der Waals surface area contributed by atoms with Crippen molar-refractivity contribution in [3.05, 3.63) is 23.1 Å². The van der Waals surface area contributed by atoms with Gasteiger partial charge < -0.3 is 0 Å². The minimum absolute atomic E-state index is 0.280. The molecule has 0 radical (unpaired) electrons. The summed E-state index contributed by atoms with van der Waals surface area (Å²) in [5.74, 6) is -1.46. The SMILES string of the molecule is N#Cc1c(S(N)(=O)=O)ncc(F)c1C(F)F. The van der Waals surface area contributed by atoms with Crippen LogP contribution in [0.25, 0.3) is 0 Å². The average molecular weight is 251 g/mol. The van der Waals surface area contributed by atoms with E-state index in [0.717, 1.165) is 6.07 Å². The first kappa shape index (κ1) is 12.4. The normalized spacial score (nSPS) is 11.5. The first-order valence-corrected chi connectivity index (χ1v) is 5.23. The highest BCUT2D eigenvalue weighted by atomic mass is 32.2. The van der Waals surface area contributed by atoms with Crippen LogP contribution in [0.4, 0.5) is 13.2 Å². The van der Waals surface area contributed by atoms with Crippen LogP contribution in [0.15, 0.2) is 11.2 Å². The van der Waals surface area contributed by atoms with Crippen molar-refractivity contribution in [1.29, 1.82) is 5.26 Å². The Hall–Kier alpha value is -1.66. The Morgan fingerprint density at radius 3 is 2.44 bits per heavy atom. The molecule has 0 aliphatic rings. The van der Waals surface area contributed by atoms with Crippen molar-refractivity contribution < 1.29 is 21.6 Å². The number of nitriles is 1. The number of hydrogen-bond acceptors (Lipinski definition) is 4. The van der Waals surface area contributed by atoms with Crippen LogP contribution in [0.3, 0.4) is 0 Å². The highest BCUT2D eigenvalue weighted by molar-refractivity contribution is 7.89. The Balaban J connectivity index is 3.72. The lowest BCUT2D eigenvalue weighted by molar-refractivity contribution is 0.145. The largest absolute Gasteiger partial charge is 0.268 e. The summed E-state index contributed by atoms with van der Waals surface area (Å²) >= 11 is 0. The summed E-state index contributed by atoms with van der Waals surface area (Å²) in [5.41, 5.74) is -2.39. The summed E-state index contributed by atoms with van der Waals surface area (Å²) in [7, 11) is -4.45. The van der Waals surface area contributed by atoms with Gasteiger partial charge >= 0.3 is 0 Å². The molecule has 16 heavy (non-hydrogen) atoms. The van der Waals surface area contributed by atoms with Gasteiger partial charge in [-0.1, -0.05) is 0 Å². The van der Waals surface area contributed by atoms with Crippen LogP contribution >= 0.6 is 0 Å². The van der Waals surface area contributed by atoms with Gasteiger partial charge in [-0.2, -0.15) is 5.26 Å². The van der Waals surface area contributed by atoms with E-state index in [0.29, 0.717) is 0 Å². The number of nitrogens with two attached hydrogens (primary N) is 1. The minimum Gasteiger partial charge on any atom is -0.239 e. The Labute approximate surface area is 88.4 Å². The topological polar surface area (TPSA) is 96.8 Å². The van der Waals surface area contributed by atoms with Gasteiger partial charge in [0, 0.05) is 0 Å². The number of primary sulfonamides is 1. The predicted octanol–water partition coefficient (Wildman–Crippen LogP) is 0.677. The van der Waals surface area contributed by atoms with Gasteiger partial charge in [0.2, 0.25) is 0 Å². The molecule has 0 saturated carbocycles. The van der Waals surface area contributed by atoms with Crippen molar-refractivity contribution in [3.8, 4) is 6.07 Å². The molecule has 1 aromatic rings. The van der Waals surface area contributed by atoms with Crippen molar-refractivity contribution in [2.45, 2.75) is 11.5 Å². The zero-order valence-corrected chi connectivity index (χ0v) is 8.30. The maximum Gasteiger partial charge on any atom is 0.268 e. The first-order valence-electron chi connectivity index (χ1n) is 3.68. The number of aromatic nitrogens is 1. The van der Waals surface area contributed by atoms with Crippen molar-refractivity contribution >= 4 is 10.0 Å². The van der Waals surface area contributed by atoms with E-state index in [1.807, 2.05) is 0 Å². The van der Waals surface area contributed by atoms with Crippen molar-refractivity contribution in [3.63, 3.8) is 0 Å². The van der Waals surface area contributed by atoms with E-state index in [1.54, 1.807) is 0 Å². The summed E-state index contributed by atoms with van der Waals surface area (Å²) in [5, 5.41) is 12.1. The molecule has 2 N–H and O–H groups in total. The summed E-state index contributed by atoms with van der Waals surface area (Å²) < 4.78 is 59.5. The molecule has 0 aromatic carbocycles. The first-order chi connectivity index (χ1) is 7.29. The zero-order chi connectivity index (χ0) is 12.5. The van der Waals surface area contributed by atoms with Gasteiger partial charge in [0.15, 0.2) is 10.8 Å². The highest BCUT2D eigenvalue weighted by Gasteiger charge is 2.26. The number of halogens is 3. The van der Waals surface area contributed by atoms with Crippen LogP contribution in [0.1, 0.15) is 17.6 Å². The molecule has 86 valence electrons. The second-order valence-corrected chi connectivity index (χ2v) is 4.13. The van der Waals surface area contributed by atoms with E-state index in [2.05, 4.69) is 10.1 Å². The van der Waals surface area contributed by atoms with Gasteiger partial charge in [0.1, 0.15) is 11.6 Å². The number of hydrogen-bond donors (Lipinski definition) is 1. The van der Waals surface area contributed by atoms with Crippen LogP contribution in [0.5, 0.6) is 0 Å². The summed E-state index contributed by atoms with van der Waals surface area (Å²) in [4.78, 5) is 3.02. The van der Waals surface area contributed by atoms with Gasteiger partial charge in [0.25, 0.3) is 16.4 Å². The second kappa shape index (κ2) is 4.07. The van der Waals surface area contributed by atoms with E-state index in [9.17, 15) is 21.6 Å². The van der Waals surface area contributed by atoms with Crippen molar-refractivity contribution in [2.24, 2.45) is 5.14 Å². The molecule has 1 rings (SSSR count). The third-order valence-electron chi connectivity index (χ3n) is 1.64. The van der Waals surface area contributed by atoms with E-state index in [1.165, 1.54) is 0 Å². The van der Waals surface area contributed by atoms with Crippen LogP contribution in [-0.4, -0.2) is 13.4 Å². The number of rotatable bonds is 2. The molecule has 0 bridgehead atoms. The fraction of sp³-hybridized carbons (Fsp3) is 0.143. The molecule has 1 aromatic heterocycles. The minimum atomic E-state index is -4.45. The summed E-state index contributed by atoms with van der Waals surface area (Å²) in [6.45, 7) is 0. The molecule has 0 atom stereocenters. The monoisotopic (exact) mass is 251 g/mol. The maximum atomic E-state index is 12.9. The molecule has 0 spiro atoms. The van der Waals surface area contributed by atoms with Gasteiger partial charge in [-0.25, -0.2) is 31.7 Å². The van der Waals surface area contributed by atoms with Crippen molar-refractivity contribution in [1.82, 2.24) is 4.98 Å². The molecular weight excluding hydrogens is 247 g/mol. The third-order valence-corrected chi connectivity index (χ3v) is 2.48. The van der Waals surface area contributed by atoms with E-state index in [-0.39, 0.29) is 6.20 Å². The third kappa shape index (κ3) is 2.12. The van der Waals surface area contributed by atoms with Gasteiger partial charge in [0.05, 0.1) is 11.8 Å². The molecule has 9 heteroatoms. The predicted molar refractivity (Wildman–Crippen MR) is 45.2 cm³/mol. The number of sulfonamides is 1. The Morgan fingerprint density at radius 1 is 1.50 bits per heavy atom. The van der Waals surface area contributed by atoms with Crippen LogP contribution in [0, 0.1) is 17.1 Å². The summed E-state index contributed by atoms with van der Waals surface area (Å²) in [6, 6.07) is 1.15. The second-order valence-electron chi connectivity index (χ2n) is 2.66. The van der Waals surface area contributed by atoms with E-state index >= 15 is 0 Å². The van der Waals surface area contributed by atoms with Gasteiger partial charge in [-0.05, 0) is 0 Å². The summed E-state index contributed by atoms with van der Waals surface area (Å²) in [6.07, 6.45) is -3.06. The lowest BCUT2D eigenvalue weighted by Gasteiger charge is -2.06. The van der Waals surface area contributed by atoms with Crippen LogP contribution in [0.2, 0.25) is 0 Å². The fourth-order valence-corrected chi connectivity index (χ4v) is 1.66. The molecule has 0 fully saturated rings. The Morgan fingerprint density at radius 2 is 2.06 bits per heavy atom. The van der Waals surface area contributed by atoms with Crippen LogP contribution < -0.4 is 5.14 Å². The van der Waals surface area contributed by atoms with Crippen molar-refractivity contribution in [2.75, 3.05) is 0 Å². The lowest BCUT2D eigenvalue weighted by atomic mass is 10.1. The molecule has 0 aliphatic heterocycles. The fourth-order valence-electron chi connectivity index (χ4n) is 1.02. The smallest absolute Gasteiger partial charge is 0.239 e. The van der Waals surface area contributed by atoms with Crippen LogP contribution in [-0.2, 0) is 10.0 Å². The zero-order valence-electron chi connectivity index (χ0n) is 7.49. The number of nitrogens with zero attached hydrogens (tertiary/aromatic N) is 2. The van der Waals surface area contributed by atoms with Gasteiger partial charge in [-0.3, -0.25) is 0 Å². The standard InChI is InChI=1S/C7H4F3N3O2S/c8-4-2-13-7(16(12,14)15)3(1-11)5(4)6(9)10/h2,6H,(H2,12,14,15). The molecule has 0 amide bonds. The molecule has 0 saturated heterocycles. The van der Waals surface area contributed by atoms with E-state index in [4.69, 9.17) is 5.26 Å². The molecule has 0 aliphatic carbocycles. The van der Waals surface area contributed by atoms with E-state index < -0.39 is 38.4 Å². The average Bonchev–Trinajstić information content (AvgIpc) is 2.14. The van der Waals surface area contributed by atoms with Gasteiger partial charge in [-0.15, -0.1) is 0 Å².